The van der Waals surface area contributed by atoms with Gasteiger partial charge >= 0.3 is 0 Å². The van der Waals surface area contributed by atoms with Crippen LogP contribution in [0.5, 0.6) is 11.6 Å². The van der Waals surface area contributed by atoms with Gasteiger partial charge in [0, 0.05) is 5.69 Å². The first kappa shape index (κ1) is 18.6. The molecule has 10 heteroatoms. The number of fused-ring (bicyclic) bond motifs is 1. The van der Waals surface area contributed by atoms with E-state index < -0.39 is 10.0 Å². The number of nitrogens with zero attached hydrogens (tertiary/aromatic N) is 2. The minimum absolute atomic E-state index is 0.103. The van der Waals surface area contributed by atoms with Gasteiger partial charge in [0.05, 0.1) is 27.2 Å². The van der Waals surface area contributed by atoms with Crippen molar-refractivity contribution >= 4 is 49.8 Å². The third-order valence-corrected chi connectivity index (χ3v) is 4.94. The fourth-order valence-corrected chi connectivity index (χ4v) is 3.59. The molecule has 0 atom stereocenters. The lowest BCUT2D eigenvalue weighted by Crippen LogP contribution is -2.13. The Labute approximate surface area is 160 Å². The largest absolute Gasteiger partial charge is 0.487 e. The second kappa shape index (κ2) is 7.22. The zero-order valence-corrected chi connectivity index (χ0v) is 16.0. The highest BCUT2D eigenvalue weighted by Gasteiger charge is 2.18. The van der Waals surface area contributed by atoms with E-state index in [1.807, 2.05) is 0 Å². The molecule has 1 aromatic heterocycles. The summed E-state index contributed by atoms with van der Waals surface area (Å²) >= 11 is 12.1. The second-order valence-corrected chi connectivity index (χ2v) is 8.06. The number of rotatable bonds is 6. The molecule has 0 bridgehead atoms. The first-order valence-corrected chi connectivity index (χ1v) is 10.1. The molecule has 0 spiro atoms. The van der Waals surface area contributed by atoms with Gasteiger partial charge in [-0.15, -0.1) is 5.10 Å². The van der Waals surface area contributed by atoms with Crippen LogP contribution in [0, 0.1) is 0 Å². The molecular weight excluding hydrogens is 401 g/mol. The van der Waals surface area contributed by atoms with Gasteiger partial charge in [0.1, 0.15) is 13.2 Å². The van der Waals surface area contributed by atoms with Gasteiger partial charge in [-0.3, -0.25) is 0 Å². The van der Waals surface area contributed by atoms with Crippen LogP contribution in [-0.2, 0) is 10.0 Å². The maximum atomic E-state index is 11.9. The lowest BCUT2D eigenvalue weighted by molar-refractivity contribution is 0.213. The molecule has 138 valence electrons. The summed E-state index contributed by atoms with van der Waals surface area (Å²) in [6, 6.07) is 9.80. The molecule has 0 unspecified atom stereocenters. The quantitative estimate of drug-likeness (QED) is 0.490. The molecule has 3 rings (SSSR count). The van der Waals surface area contributed by atoms with Crippen molar-refractivity contribution in [1.29, 1.82) is 0 Å². The summed E-state index contributed by atoms with van der Waals surface area (Å²) < 4.78 is 35.8. The third kappa shape index (κ3) is 3.82. The lowest BCUT2D eigenvalue weighted by Gasteiger charge is -2.09. The van der Waals surface area contributed by atoms with E-state index in [2.05, 4.69) is 5.10 Å². The number of benzene rings is 2. The highest BCUT2D eigenvalue weighted by molar-refractivity contribution is 7.89. The number of nitrogens with two attached hydrogens (primary N) is 1. The molecule has 26 heavy (non-hydrogen) atoms. The number of ether oxygens (including phenoxy) is 2. The molecular formula is C16H15Cl2N3O4S. The zero-order chi connectivity index (χ0) is 18.9. The summed E-state index contributed by atoms with van der Waals surface area (Å²) in [6.07, 6.45) is 1.06. The van der Waals surface area contributed by atoms with Crippen LogP contribution in [0.3, 0.4) is 0 Å². The molecule has 0 fully saturated rings. The van der Waals surface area contributed by atoms with Crippen molar-refractivity contribution in [3.05, 3.63) is 46.4 Å². The standard InChI is InChI=1S/C16H15Cl2N3O4S/c1-26(22,23)21-14-6-5-10(19)9-11(14)16(20-21)25-8-7-24-15-12(17)3-2-4-13(15)18/h2-6,9H,7-8,19H2,1H3. The summed E-state index contributed by atoms with van der Waals surface area (Å²) in [7, 11) is -3.59. The molecule has 2 N–H and O–H groups in total. The van der Waals surface area contributed by atoms with Crippen LogP contribution in [0.2, 0.25) is 10.0 Å². The molecule has 2 aromatic carbocycles. The van der Waals surface area contributed by atoms with Crippen LogP contribution in [-0.4, -0.2) is 37.1 Å². The van der Waals surface area contributed by atoms with Crippen molar-refractivity contribution in [2.24, 2.45) is 0 Å². The fourth-order valence-electron chi connectivity index (χ4n) is 2.34. The Morgan fingerprint density at radius 1 is 1.12 bits per heavy atom. The SMILES string of the molecule is CS(=O)(=O)n1nc(OCCOc2c(Cl)cccc2Cl)c2cc(N)ccc21. The topological polar surface area (TPSA) is 96.4 Å². The summed E-state index contributed by atoms with van der Waals surface area (Å²) in [5, 5.41) is 5.29. The Hall–Kier alpha value is -2.16. The Morgan fingerprint density at radius 3 is 2.42 bits per heavy atom. The van der Waals surface area contributed by atoms with Crippen LogP contribution in [0.25, 0.3) is 10.9 Å². The summed E-state index contributed by atoms with van der Waals surface area (Å²) in [5.41, 5.74) is 6.63. The van der Waals surface area contributed by atoms with E-state index in [1.54, 1.807) is 36.4 Å². The van der Waals surface area contributed by atoms with Crippen LogP contribution < -0.4 is 15.2 Å². The molecule has 0 saturated carbocycles. The smallest absolute Gasteiger partial charge is 0.251 e. The maximum absolute atomic E-state index is 11.9. The van der Waals surface area contributed by atoms with Crippen molar-refractivity contribution in [2.75, 3.05) is 25.2 Å². The van der Waals surface area contributed by atoms with Gasteiger partial charge in [0.25, 0.3) is 10.0 Å². The maximum Gasteiger partial charge on any atom is 0.251 e. The third-order valence-electron chi connectivity index (χ3n) is 3.44. The van der Waals surface area contributed by atoms with Crippen LogP contribution in [0.4, 0.5) is 5.69 Å². The van der Waals surface area contributed by atoms with Crippen molar-refractivity contribution in [2.45, 2.75) is 0 Å². The number of nitrogen functional groups attached to an aromatic ring is 1. The van der Waals surface area contributed by atoms with Crippen LogP contribution >= 0.6 is 23.2 Å². The van der Waals surface area contributed by atoms with Crippen molar-refractivity contribution in [1.82, 2.24) is 9.19 Å². The molecule has 0 aliphatic heterocycles. The summed E-state index contributed by atoms with van der Waals surface area (Å²) in [5.74, 6) is 0.502. The Bertz CT molecular complexity index is 1050. The zero-order valence-electron chi connectivity index (χ0n) is 13.6. The molecule has 7 nitrogen and oxygen atoms in total. The highest BCUT2D eigenvalue weighted by Crippen LogP contribution is 2.32. The van der Waals surface area contributed by atoms with Gasteiger partial charge in [-0.2, -0.15) is 4.09 Å². The number of halogens is 2. The Morgan fingerprint density at radius 2 is 1.77 bits per heavy atom. The predicted molar refractivity (Wildman–Crippen MR) is 102 cm³/mol. The number of hydrogen-bond acceptors (Lipinski definition) is 6. The van der Waals surface area contributed by atoms with Crippen molar-refractivity contribution in [3.8, 4) is 11.6 Å². The van der Waals surface area contributed by atoms with E-state index in [0.717, 1.165) is 10.3 Å². The molecule has 0 saturated heterocycles. The number of hydrogen-bond donors (Lipinski definition) is 1. The van der Waals surface area contributed by atoms with E-state index in [1.165, 1.54) is 0 Å². The van der Waals surface area contributed by atoms with E-state index in [9.17, 15) is 8.42 Å². The molecule has 0 aliphatic carbocycles. The molecule has 3 aromatic rings. The van der Waals surface area contributed by atoms with Gasteiger partial charge in [-0.1, -0.05) is 29.3 Å². The Kier molecular flexibility index (Phi) is 5.17. The summed E-state index contributed by atoms with van der Waals surface area (Å²) in [4.78, 5) is 0. The van der Waals surface area contributed by atoms with Gasteiger partial charge in [-0.25, -0.2) is 8.42 Å². The molecule has 0 radical (unpaired) electrons. The molecule has 1 heterocycles. The lowest BCUT2D eigenvalue weighted by atomic mass is 10.2. The number of para-hydroxylation sites is 1. The van der Waals surface area contributed by atoms with E-state index in [4.69, 9.17) is 38.4 Å². The molecule has 0 aliphatic rings. The highest BCUT2D eigenvalue weighted by atomic mass is 35.5. The predicted octanol–water partition coefficient (Wildman–Crippen LogP) is 3.19. The Balaban J connectivity index is 1.78. The number of aromatic nitrogens is 2. The molecule has 0 amide bonds. The summed E-state index contributed by atoms with van der Waals surface area (Å²) in [6.45, 7) is 0.241. The van der Waals surface area contributed by atoms with Gasteiger partial charge in [0.2, 0.25) is 5.88 Å². The average molecular weight is 416 g/mol. The first-order chi connectivity index (χ1) is 12.3. The van der Waals surface area contributed by atoms with E-state index in [0.29, 0.717) is 32.4 Å². The minimum atomic E-state index is -3.59. The fraction of sp³-hybridized carbons (Fsp3) is 0.188. The van der Waals surface area contributed by atoms with Gasteiger partial charge in [0.15, 0.2) is 5.75 Å². The van der Waals surface area contributed by atoms with Gasteiger partial charge < -0.3 is 15.2 Å². The van der Waals surface area contributed by atoms with Crippen LogP contribution in [0.1, 0.15) is 0 Å². The van der Waals surface area contributed by atoms with Gasteiger partial charge in [-0.05, 0) is 30.3 Å². The van der Waals surface area contributed by atoms with Crippen molar-refractivity contribution < 1.29 is 17.9 Å². The normalized spacial score (nSPS) is 11.7. The van der Waals surface area contributed by atoms with Crippen molar-refractivity contribution in [3.63, 3.8) is 0 Å². The average Bonchev–Trinajstić information content (AvgIpc) is 2.92. The van der Waals surface area contributed by atoms with E-state index in [-0.39, 0.29) is 19.1 Å². The monoisotopic (exact) mass is 415 g/mol. The number of anilines is 1. The first-order valence-electron chi connectivity index (χ1n) is 7.46. The van der Waals surface area contributed by atoms with E-state index >= 15 is 0 Å². The second-order valence-electron chi connectivity index (χ2n) is 5.44. The van der Waals surface area contributed by atoms with Crippen LogP contribution in [0.15, 0.2) is 36.4 Å². The minimum Gasteiger partial charge on any atom is -0.487 e.